The Kier molecular flexibility index (Phi) is 6.27. The summed E-state index contributed by atoms with van der Waals surface area (Å²) in [7, 11) is 3.17. The van der Waals surface area contributed by atoms with E-state index in [0.29, 0.717) is 35.2 Å². The maximum absolute atomic E-state index is 12.8. The summed E-state index contributed by atoms with van der Waals surface area (Å²) in [5.74, 6) is 1.13. The van der Waals surface area contributed by atoms with Crippen molar-refractivity contribution in [3.05, 3.63) is 71.3 Å². The molecule has 24 heavy (non-hydrogen) atoms. The van der Waals surface area contributed by atoms with E-state index < -0.39 is 0 Å². The lowest BCUT2D eigenvalue weighted by Crippen LogP contribution is -2.30. The Labute approximate surface area is 147 Å². The average molecular weight is 346 g/mol. The summed E-state index contributed by atoms with van der Waals surface area (Å²) in [5.41, 5.74) is 1.40. The molecular weight excluding hydrogens is 326 g/mol. The molecule has 0 aliphatic carbocycles. The summed E-state index contributed by atoms with van der Waals surface area (Å²) >= 11 is 6.14. The Bertz CT molecular complexity index is 730. The summed E-state index contributed by atoms with van der Waals surface area (Å²) < 4.78 is 10.5. The summed E-state index contributed by atoms with van der Waals surface area (Å²) in [6.07, 6.45) is 1.69. The van der Waals surface area contributed by atoms with Gasteiger partial charge in [-0.25, -0.2) is 0 Å². The van der Waals surface area contributed by atoms with Crippen molar-refractivity contribution in [1.82, 2.24) is 4.90 Å². The number of methoxy groups -OCH3 is 2. The fraction of sp³-hybridized carbons (Fsp3) is 0.211. The summed E-state index contributed by atoms with van der Waals surface area (Å²) in [5, 5.41) is 0.434. The van der Waals surface area contributed by atoms with E-state index in [1.165, 1.54) is 0 Å². The van der Waals surface area contributed by atoms with Gasteiger partial charge in [0, 0.05) is 13.1 Å². The quantitative estimate of drug-likeness (QED) is 0.706. The van der Waals surface area contributed by atoms with Gasteiger partial charge in [-0.3, -0.25) is 4.79 Å². The Hall–Kier alpha value is -2.46. The lowest BCUT2D eigenvalue weighted by molar-refractivity contribution is 0.0762. The summed E-state index contributed by atoms with van der Waals surface area (Å²) in [6, 6.07) is 12.6. The number of ether oxygens (including phenoxy) is 2. The van der Waals surface area contributed by atoms with Crippen molar-refractivity contribution in [1.29, 1.82) is 0 Å². The molecule has 0 heterocycles. The van der Waals surface area contributed by atoms with Gasteiger partial charge in [0.2, 0.25) is 0 Å². The number of hydrogen-bond acceptors (Lipinski definition) is 3. The van der Waals surface area contributed by atoms with Gasteiger partial charge in [-0.1, -0.05) is 35.9 Å². The van der Waals surface area contributed by atoms with Crippen molar-refractivity contribution in [3.8, 4) is 11.5 Å². The van der Waals surface area contributed by atoms with Crippen molar-refractivity contribution in [2.75, 3.05) is 20.8 Å². The van der Waals surface area contributed by atoms with E-state index in [0.717, 1.165) is 5.56 Å². The van der Waals surface area contributed by atoms with Crippen LogP contribution in [0.5, 0.6) is 11.5 Å². The molecule has 2 aromatic carbocycles. The zero-order chi connectivity index (χ0) is 17.5. The van der Waals surface area contributed by atoms with Crippen LogP contribution in [0, 0.1) is 0 Å². The van der Waals surface area contributed by atoms with E-state index in [4.69, 9.17) is 21.1 Å². The second-order valence-corrected chi connectivity index (χ2v) is 5.55. The number of nitrogens with zero attached hydrogens (tertiary/aromatic N) is 1. The van der Waals surface area contributed by atoms with E-state index in [-0.39, 0.29) is 5.91 Å². The fourth-order valence-electron chi connectivity index (χ4n) is 2.38. The van der Waals surface area contributed by atoms with Crippen LogP contribution in [-0.2, 0) is 6.54 Å². The molecule has 4 nitrogen and oxygen atoms in total. The zero-order valence-corrected chi connectivity index (χ0v) is 14.5. The molecule has 0 aliphatic rings. The topological polar surface area (TPSA) is 38.8 Å². The van der Waals surface area contributed by atoms with Gasteiger partial charge >= 0.3 is 0 Å². The first-order chi connectivity index (χ1) is 11.6. The van der Waals surface area contributed by atoms with Gasteiger partial charge in [0.1, 0.15) is 0 Å². The molecule has 2 aromatic rings. The first-order valence-corrected chi connectivity index (χ1v) is 7.84. The molecule has 2 rings (SSSR count). The number of amides is 1. The summed E-state index contributed by atoms with van der Waals surface area (Å²) in [4.78, 5) is 14.5. The number of benzene rings is 2. The van der Waals surface area contributed by atoms with Crippen LogP contribution in [0.3, 0.4) is 0 Å². The fourth-order valence-corrected chi connectivity index (χ4v) is 2.60. The van der Waals surface area contributed by atoms with Crippen LogP contribution in [0.2, 0.25) is 5.02 Å². The SMILES string of the molecule is C=CCN(Cc1ccc(OC)c(OC)c1)C(=O)c1ccccc1Cl. The maximum atomic E-state index is 12.8. The molecule has 126 valence electrons. The molecular formula is C19H20ClNO3. The lowest BCUT2D eigenvalue weighted by atomic mass is 10.1. The van der Waals surface area contributed by atoms with Crippen LogP contribution in [0.1, 0.15) is 15.9 Å². The highest BCUT2D eigenvalue weighted by Gasteiger charge is 2.18. The third kappa shape index (κ3) is 4.09. The van der Waals surface area contributed by atoms with Crippen LogP contribution >= 0.6 is 11.6 Å². The van der Waals surface area contributed by atoms with E-state index in [1.54, 1.807) is 49.5 Å². The predicted octanol–water partition coefficient (Wildman–Crippen LogP) is 4.19. The largest absolute Gasteiger partial charge is 0.493 e. The molecule has 0 fully saturated rings. The molecule has 0 aliphatic heterocycles. The van der Waals surface area contributed by atoms with Crippen molar-refractivity contribution < 1.29 is 14.3 Å². The van der Waals surface area contributed by atoms with Crippen molar-refractivity contribution in [2.24, 2.45) is 0 Å². The molecule has 0 N–H and O–H groups in total. The highest BCUT2D eigenvalue weighted by atomic mass is 35.5. The van der Waals surface area contributed by atoms with Gasteiger partial charge in [0.05, 0.1) is 24.8 Å². The molecule has 0 aromatic heterocycles. The minimum absolute atomic E-state index is 0.143. The second kappa shape index (κ2) is 8.41. The minimum atomic E-state index is -0.143. The van der Waals surface area contributed by atoms with E-state index in [2.05, 4.69) is 6.58 Å². The zero-order valence-electron chi connectivity index (χ0n) is 13.8. The molecule has 0 spiro atoms. The van der Waals surface area contributed by atoms with Crippen LogP contribution in [0.4, 0.5) is 0 Å². The minimum Gasteiger partial charge on any atom is -0.493 e. The number of carbonyl (C=O) groups excluding carboxylic acids is 1. The third-order valence-corrected chi connectivity index (χ3v) is 3.89. The van der Waals surface area contributed by atoms with Crippen LogP contribution < -0.4 is 9.47 Å². The van der Waals surface area contributed by atoms with Gasteiger partial charge < -0.3 is 14.4 Å². The van der Waals surface area contributed by atoms with Crippen molar-refractivity contribution in [2.45, 2.75) is 6.54 Å². The first kappa shape index (κ1) is 17.9. The Morgan fingerprint density at radius 2 is 1.88 bits per heavy atom. The first-order valence-electron chi connectivity index (χ1n) is 7.46. The number of halogens is 1. The van der Waals surface area contributed by atoms with E-state index >= 15 is 0 Å². The lowest BCUT2D eigenvalue weighted by Gasteiger charge is -2.22. The van der Waals surface area contributed by atoms with Crippen molar-refractivity contribution in [3.63, 3.8) is 0 Å². The normalized spacial score (nSPS) is 10.1. The van der Waals surface area contributed by atoms with Crippen LogP contribution in [0.25, 0.3) is 0 Å². The standard InChI is InChI=1S/C19H20ClNO3/c1-4-11-21(19(22)15-7-5-6-8-16(15)20)13-14-9-10-17(23-2)18(12-14)24-3/h4-10,12H,1,11,13H2,2-3H3. The molecule has 0 saturated carbocycles. The number of hydrogen-bond donors (Lipinski definition) is 0. The maximum Gasteiger partial charge on any atom is 0.255 e. The van der Waals surface area contributed by atoms with Crippen LogP contribution in [-0.4, -0.2) is 31.6 Å². The molecule has 0 atom stereocenters. The highest BCUT2D eigenvalue weighted by Crippen LogP contribution is 2.28. The molecule has 0 bridgehead atoms. The Balaban J connectivity index is 2.27. The Morgan fingerprint density at radius 1 is 1.17 bits per heavy atom. The number of carbonyl (C=O) groups is 1. The summed E-state index contributed by atoms with van der Waals surface area (Å²) in [6.45, 7) is 4.56. The van der Waals surface area contributed by atoms with E-state index in [9.17, 15) is 4.79 Å². The van der Waals surface area contributed by atoms with Gasteiger partial charge in [0.25, 0.3) is 5.91 Å². The second-order valence-electron chi connectivity index (χ2n) is 5.14. The molecule has 0 saturated heterocycles. The monoisotopic (exact) mass is 345 g/mol. The Morgan fingerprint density at radius 3 is 2.50 bits per heavy atom. The molecule has 0 radical (unpaired) electrons. The van der Waals surface area contributed by atoms with Gasteiger partial charge in [0.15, 0.2) is 11.5 Å². The van der Waals surface area contributed by atoms with Gasteiger partial charge in [-0.15, -0.1) is 6.58 Å². The molecule has 0 unspecified atom stereocenters. The average Bonchev–Trinajstić information content (AvgIpc) is 2.61. The molecule has 1 amide bonds. The predicted molar refractivity (Wildman–Crippen MR) is 95.9 cm³/mol. The molecule has 5 heteroatoms. The number of rotatable bonds is 7. The highest BCUT2D eigenvalue weighted by molar-refractivity contribution is 6.33. The van der Waals surface area contributed by atoms with Gasteiger partial charge in [-0.05, 0) is 29.8 Å². The smallest absolute Gasteiger partial charge is 0.255 e. The van der Waals surface area contributed by atoms with E-state index in [1.807, 2.05) is 18.2 Å². The van der Waals surface area contributed by atoms with Gasteiger partial charge in [-0.2, -0.15) is 0 Å². The van der Waals surface area contributed by atoms with Crippen LogP contribution in [0.15, 0.2) is 55.1 Å². The van der Waals surface area contributed by atoms with Crippen molar-refractivity contribution >= 4 is 17.5 Å². The third-order valence-electron chi connectivity index (χ3n) is 3.56.